The molecule has 2 unspecified atom stereocenters. The van der Waals surface area contributed by atoms with Crippen molar-refractivity contribution in [3.8, 4) is 5.75 Å². The van der Waals surface area contributed by atoms with E-state index in [-0.39, 0.29) is 41.9 Å². The Morgan fingerprint density at radius 2 is 1.85 bits per heavy atom. The van der Waals surface area contributed by atoms with Gasteiger partial charge < -0.3 is 14.9 Å². The first-order chi connectivity index (χ1) is 19.2. The first kappa shape index (κ1) is 28.0. The standard InChI is InChI=1S/C30H29F2NO7S/c1-27-13-23(35)30(32)18(11-21(31)19-10-16(34)7-8-28(19,30)2)20(27)12-29(39,14-27)25(37)40-17-5-3-15(4-6-17)9-22-24(36)33-26(38)41-22/h3-10,18,20-21,23,35,39H,11-14H2,1-2H3,(H,33,36,38)/b22-9-/t18?,20?,21-,23-,27+,28-,29+,30-/m0/s1. The monoisotopic (exact) mass is 585 g/mol. The molecule has 6 rings (SSSR count). The topological polar surface area (TPSA) is 130 Å². The number of carbonyl (C=O) groups excluding carboxylic acids is 4. The maximum Gasteiger partial charge on any atom is 0.343 e. The van der Waals surface area contributed by atoms with Crippen LogP contribution in [0.4, 0.5) is 13.6 Å². The molecular formula is C30H29F2NO7S. The second kappa shape index (κ2) is 9.17. The molecule has 0 aromatic heterocycles. The van der Waals surface area contributed by atoms with Gasteiger partial charge in [-0.25, -0.2) is 13.6 Å². The number of rotatable bonds is 3. The molecule has 1 aromatic rings. The lowest BCUT2D eigenvalue weighted by atomic mass is 9.45. The zero-order valence-electron chi connectivity index (χ0n) is 22.4. The quantitative estimate of drug-likeness (QED) is 0.276. The summed E-state index contributed by atoms with van der Waals surface area (Å²) < 4.78 is 38.2. The second-order valence-electron chi connectivity index (χ2n) is 12.3. The van der Waals surface area contributed by atoms with Crippen LogP contribution < -0.4 is 10.1 Å². The third-order valence-corrected chi connectivity index (χ3v) is 10.6. The molecule has 8 atom stereocenters. The van der Waals surface area contributed by atoms with E-state index in [1.54, 1.807) is 19.1 Å². The average molecular weight is 586 g/mol. The van der Waals surface area contributed by atoms with Gasteiger partial charge >= 0.3 is 5.97 Å². The molecule has 0 spiro atoms. The number of carbonyl (C=O) groups is 4. The number of ether oxygens (including phenoxy) is 1. The van der Waals surface area contributed by atoms with Crippen LogP contribution >= 0.6 is 11.8 Å². The summed E-state index contributed by atoms with van der Waals surface area (Å²) in [7, 11) is 0. The number of aliphatic hydroxyl groups is 2. The van der Waals surface area contributed by atoms with Crippen LogP contribution in [0.1, 0.15) is 45.1 Å². The fourth-order valence-electron chi connectivity index (χ4n) is 7.90. The Balaban J connectivity index is 1.23. The molecule has 11 heteroatoms. The van der Waals surface area contributed by atoms with Crippen molar-refractivity contribution in [2.24, 2.45) is 22.7 Å². The lowest BCUT2D eigenvalue weighted by Crippen LogP contribution is -2.67. The van der Waals surface area contributed by atoms with Gasteiger partial charge in [-0.3, -0.25) is 19.7 Å². The highest BCUT2D eigenvalue weighted by atomic mass is 32.2. The highest BCUT2D eigenvalue weighted by Gasteiger charge is 2.73. The van der Waals surface area contributed by atoms with E-state index in [2.05, 4.69) is 5.32 Å². The number of ketones is 1. The zero-order valence-corrected chi connectivity index (χ0v) is 23.2. The van der Waals surface area contributed by atoms with Crippen molar-refractivity contribution in [1.29, 1.82) is 0 Å². The first-order valence-corrected chi connectivity index (χ1v) is 14.3. The number of allylic oxidation sites excluding steroid dienone is 4. The molecule has 4 aliphatic carbocycles. The molecule has 5 aliphatic rings. The molecule has 4 fully saturated rings. The molecule has 216 valence electrons. The van der Waals surface area contributed by atoms with Crippen molar-refractivity contribution in [2.45, 2.75) is 63.1 Å². The molecule has 1 saturated heterocycles. The first-order valence-electron chi connectivity index (χ1n) is 13.4. The summed E-state index contributed by atoms with van der Waals surface area (Å²) in [5, 5.41) is 24.5. The number of thioether (sulfide) groups is 1. The van der Waals surface area contributed by atoms with Gasteiger partial charge in [-0.1, -0.05) is 25.1 Å². The molecule has 3 saturated carbocycles. The van der Waals surface area contributed by atoms with Crippen LogP contribution in [0.3, 0.4) is 0 Å². The van der Waals surface area contributed by atoms with E-state index in [1.165, 1.54) is 37.3 Å². The number of fused-ring (bicyclic) bond motifs is 5. The predicted molar refractivity (Wildman–Crippen MR) is 145 cm³/mol. The van der Waals surface area contributed by atoms with Crippen LogP contribution in [0.5, 0.6) is 5.75 Å². The summed E-state index contributed by atoms with van der Waals surface area (Å²) in [4.78, 5) is 48.7. The van der Waals surface area contributed by atoms with Gasteiger partial charge in [0.15, 0.2) is 17.1 Å². The Kier molecular flexibility index (Phi) is 6.26. The van der Waals surface area contributed by atoms with Gasteiger partial charge in [0.05, 0.1) is 11.0 Å². The molecule has 41 heavy (non-hydrogen) atoms. The van der Waals surface area contributed by atoms with Gasteiger partial charge in [0.25, 0.3) is 11.1 Å². The van der Waals surface area contributed by atoms with Gasteiger partial charge in [0.2, 0.25) is 0 Å². The Labute approximate surface area is 238 Å². The van der Waals surface area contributed by atoms with Crippen LogP contribution in [-0.2, 0) is 14.4 Å². The summed E-state index contributed by atoms with van der Waals surface area (Å²) >= 11 is 0.776. The molecule has 1 heterocycles. The van der Waals surface area contributed by atoms with E-state index in [0.717, 1.165) is 17.8 Å². The summed E-state index contributed by atoms with van der Waals surface area (Å²) in [5.74, 6) is -3.38. The molecule has 2 amide bonds. The van der Waals surface area contributed by atoms with Gasteiger partial charge in [-0.15, -0.1) is 0 Å². The Morgan fingerprint density at radius 3 is 2.51 bits per heavy atom. The minimum atomic E-state index is -2.30. The number of amides is 2. The number of esters is 1. The molecule has 3 N–H and O–H groups in total. The molecular weight excluding hydrogens is 556 g/mol. The average Bonchev–Trinajstić information content (AvgIpc) is 3.37. The Bertz CT molecular complexity index is 1470. The number of hydrogen-bond acceptors (Lipinski definition) is 8. The predicted octanol–water partition coefficient (Wildman–Crippen LogP) is 3.97. The number of imide groups is 1. The Morgan fingerprint density at radius 1 is 1.15 bits per heavy atom. The number of benzene rings is 1. The third-order valence-electron chi connectivity index (χ3n) is 9.80. The van der Waals surface area contributed by atoms with E-state index in [9.17, 15) is 29.4 Å². The van der Waals surface area contributed by atoms with Crippen LogP contribution in [0.25, 0.3) is 6.08 Å². The zero-order chi connectivity index (χ0) is 29.5. The molecule has 8 nitrogen and oxygen atoms in total. The lowest BCUT2D eigenvalue weighted by molar-refractivity contribution is -0.195. The second-order valence-corrected chi connectivity index (χ2v) is 13.3. The van der Waals surface area contributed by atoms with Crippen LogP contribution in [0, 0.1) is 22.7 Å². The highest BCUT2D eigenvalue weighted by Crippen LogP contribution is 2.69. The Hall–Kier alpha value is -3.15. The maximum absolute atomic E-state index is 17.2. The maximum atomic E-state index is 17.2. The van der Waals surface area contributed by atoms with Gasteiger partial charge in [0, 0.05) is 11.3 Å². The number of aliphatic hydroxyl groups excluding tert-OH is 1. The smallest absolute Gasteiger partial charge is 0.343 e. The van der Waals surface area contributed by atoms with Crippen LogP contribution in [-0.4, -0.2) is 56.7 Å². The number of alkyl halides is 2. The molecule has 1 aliphatic heterocycles. The van der Waals surface area contributed by atoms with Crippen LogP contribution in [0.15, 0.2) is 53.0 Å². The normalized spacial score (nSPS) is 42.3. The summed E-state index contributed by atoms with van der Waals surface area (Å²) in [6, 6.07) is 6.12. The van der Waals surface area contributed by atoms with E-state index in [1.807, 2.05) is 0 Å². The largest absolute Gasteiger partial charge is 0.424 e. The molecule has 0 bridgehead atoms. The van der Waals surface area contributed by atoms with E-state index >= 15 is 8.78 Å². The van der Waals surface area contributed by atoms with E-state index in [4.69, 9.17) is 4.74 Å². The van der Waals surface area contributed by atoms with Gasteiger partial charge in [0.1, 0.15) is 11.9 Å². The third kappa shape index (κ3) is 4.15. The number of hydrogen-bond donors (Lipinski definition) is 3. The summed E-state index contributed by atoms with van der Waals surface area (Å²) in [5.41, 5.74) is -6.12. The fraction of sp³-hybridized carbons (Fsp3) is 0.467. The van der Waals surface area contributed by atoms with Gasteiger partial charge in [-0.2, -0.15) is 0 Å². The molecule has 1 aromatic carbocycles. The summed E-state index contributed by atoms with van der Waals surface area (Å²) in [6.07, 6.45) is 1.46. The fourth-order valence-corrected chi connectivity index (χ4v) is 8.59. The van der Waals surface area contributed by atoms with E-state index < -0.39 is 69.1 Å². The minimum absolute atomic E-state index is 0.0110. The van der Waals surface area contributed by atoms with Crippen molar-refractivity contribution in [3.05, 3.63) is 58.5 Å². The van der Waals surface area contributed by atoms with Gasteiger partial charge in [-0.05, 0) is 97.2 Å². The minimum Gasteiger partial charge on any atom is -0.424 e. The highest BCUT2D eigenvalue weighted by molar-refractivity contribution is 8.18. The number of halogens is 2. The van der Waals surface area contributed by atoms with Crippen molar-refractivity contribution < 1.29 is 42.9 Å². The molecule has 0 radical (unpaired) electrons. The summed E-state index contributed by atoms with van der Waals surface area (Å²) in [6.45, 7) is 3.27. The van der Waals surface area contributed by atoms with Crippen molar-refractivity contribution in [1.82, 2.24) is 5.32 Å². The van der Waals surface area contributed by atoms with Crippen molar-refractivity contribution in [2.75, 3.05) is 0 Å². The van der Waals surface area contributed by atoms with Crippen LogP contribution in [0.2, 0.25) is 0 Å². The SMILES string of the molecule is C[C@]12C[C@H](O)[C@@]3(F)C(C[C@H](F)C4=CC(=O)C=C[C@@]43C)C1C[C@](O)(C(=O)Oc1ccc(/C=C3\SC(=O)NC3=O)cc1)C2. The number of nitrogens with one attached hydrogen (secondary N) is 1. The van der Waals surface area contributed by atoms with Crippen molar-refractivity contribution >= 4 is 40.7 Å². The lowest BCUT2D eigenvalue weighted by Gasteiger charge is -2.61. The van der Waals surface area contributed by atoms with Crippen molar-refractivity contribution in [3.63, 3.8) is 0 Å². The van der Waals surface area contributed by atoms with E-state index in [0.29, 0.717) is 5.56 Å².